The molecule has 126 valence electrons. The Labute approximate surface area is 146 Å². The van der Waals surface area contributed by atoms with E-state index in [-0.39, 0.29) is 13.0 Å². The molecule has 2 aromatic rings. The summed E-state index contributed by atoms with van der Waals surface area (Å²) < 4.78 is 16.9. The summed E-state index contributed by atoms with van der Waals surface area (Å²) in [5.74, 6) is 2.20. The van der Waals surface area contributed by atoms with Gasteiger partial charge in [0, 0.05) is 22.8 Å². The van der Waals surface area contributed by atoms with Gasteiger partial charge in [-0.1, -0.05) is 11.6 Å². The van der Waals surface area contributed by atoms with Gasteiger partial charge in [-0.05, 0) is 49.4 Å². The standard InChI is InChI=1S/C18H19ClN2O3/c1-21-8-7-11-9-14-16(24-10-23-14)17(22-2)15(11)18(21)20-13-5-3-12(19)4-6-13/h3-6,9,18,20H,7-8,10H2,1-2H3/t18-/m1/s1. The summed E-state index contributed by atoms with van der Waals surface area (Å²) in [4.78, 5) is 2.27. The Morgan fingerprint density at radius 1 is 1.25 bits per heavy atom. The molecule has 4 rings (SSSR count). The zero-order valence-electron chi connectivity index (χ0n) is 13.6. The maximum Gasteiger partial charge on any atom is 0.231 e. The largest absolute Gasteiger partial charge is 0.492 e. The summed E-state index contributed by atoms with van der Waals surface area (Å²) in [5, 5.41) is 4.29. The van der Waals surface area contributed by atoms with Gasteiger partial charge in [0.15, 0.2) is 11.5 Å². The fraction of sp³-hybridized carbons (Fsp3) is 0.333. The van der Waals surface area contributed by atoms with E-state index in [4.69, 9.17) is 25.8 Å². The van der Waals surface area contributed by atoms with Crippen LogP contribution in [0.3, 0.4) is 0 Å². The molecule has 2 heterocycles. The van der Waals surface area contributed by atoms with Crippen molar-refractivity contribution in [3.63, 3.8) is 0 Å². The topological polar surface area (TPSA) is 43.0 Å². The maximum absolute atomic E-state index is 5.99. The van der Waals surface area contributed by atoms with Crippen molar-refractivity contribution < 1.29 is 14.2 Å². The Bertz CT molecular complexity index is 764. The molecule has 0 amide bonds. The Kier molecular flexibility index (Phi) is 3.90. The van der Waals surface area contributed by atoms with E-state index < -0.39 is 0 Å². The van der Waals surface area contributed by atoms with Crippen LogP contribution in [0.15, 0.2) is 30.3 Å². The van der Waals surface area contributed by atoms with Gasteiger partial charge in [0.2, 0.25) is 12.5 Å². The van der Waals surface area contributed by atoms with E-state index in [1.165, 1.54) is 5.56 Å². The number of hydrogen-bond donors (Lipinski definition) is 1. The molecule has 0 spiro atoms. The molecule has 2 aliphatic rings. The first-order chi connectivity index (χ1) is 11.7. The number of fused-ring (bicyclic) bond motifs is 2. The van der Waals surface area contributed by atoms with E-state index >= 15 is 0 Å². The lowest BCUT2D eigenvalue weighted by molar-refractivity contribution is 0.170. The van der Waals surface area contributed by atoms with E-state index in [9.17, 15) is 0 Å². The first-order valence-electron chi connectivity index (χ1n) is 7.89. The van der Waals surface area contributed by atoms with Gasteiger partial charge in [-0.15, -0.1) is 0 Å². The maximum atomic E-state index is 5.99. The summed E-state index contributed by atoms with van der Waals surface area (Å²) in [5.41, 5.74) is 3.33. The molecular weight excluding hydrogens is 328 g/mol. The van der Waals surface area contributed by atoms with E-state index in [0.717, 1.165) is 40.7 Å². The lowest BCUT2D eigenvalue weighted by atomic mass is 9.94. The number of anilines is 1. The predicted octanol–water partition coefficient (Wildman–Crippen LogP) is 3.68. The minimum Gasteiger partial charge on any atom is -0.492 e. The monoisotopic (exact) mass is 346 g/mol. The van der Waals surface area contributed by atoms with E-state index in [1.807, 2.05) is 24.3 Å². The summed E-state index contributed by atoms with van der Waals surface area (Å²) >= 11 is 5.99. The van der Waals surface area contributed by atoms with E-state index in [2.05, 4.69) is 23.3 Å². The van der Waals surface area contributed by atoms with Crippen LogP contribution in [0.25, 0.3) is 0 Å². The second-order valence-electron chi connectivity index (χ2n) is 6.00. The third-order valence-corrected chi connectivity index (χ3v) is 4.80. The number of halogens is 1. The molecule has 1 N–H and O–H groups in total. The highest BCUT2D eigenvalue weighted by molar-refractivity contribution is 6.30. The average Bonchev–Trinajstić information content (AvgIpc) is 3.05. The van der Waals surface area contributed by atoms with Crippen LogP contribution in [0, 0.1) is 0 Å². The van der Waals surface area contributed by atoms with Crippen molar-refractivity contribution in [1.29, 1.82) is 0 Å². The molecule has 6 heteroatoms. The van der Waals surface area contributed by atoms with Crippen LogP contribution in [0.5, 0.6) is 17.2 Å². The quantitative estimate of drug-likeness (QED) is 0.918. The highest BCUT2D eigenvalue weighted by Crippen LogP contribution is 2.49. The molecule has 0 saturated heterocycles. The summed E-state index contributed by atoms with van der Waals surface area (Å²) in [7, 11) is 3.77. The third kappa shape index (κ3) is 2.54. The second-order valence-corrected chi connectivity index (χ2v) is 6.44. The smallest absolute Gasteiger partial charge is 0.231 e. The van der Waals surface area contributed by atoms with Gasteiger partial charge in [-0.2, -0.15) is 0 Å². The first-order valence-corrected chi connectivity index (χ1v) is 8.27. The number of likely N-dealkylation sites (N-methyl/N-ethyl adjacent to an activating group) is 1. The number of hydrogen-bond acceptors (Lipinski definition) is 5. The van der Waals surface area contributed by atoms with Crippen LogP contribution >= 0.6 is 11.6 Å². The minimum absolute atomic E-state index is 0.0145. The molecule has 2 aromatic carbocycles. The fourth-order valence-corrected chi connectivity index (χ4v) is 3.45. The van der Waals surface area contributed by atoms with Crippen LogP contribution in [-0.2, 0) is 6.42 Å². The van der Waals surface area contributed by atoms with Crippen molar-refractivity contribution in [2.24, 2.45) is 0 Å². The van der Waals surface area contributed by atoms with Crippen molar-refractivity contribution in [1.82, 2.24) is 4.90 Å². The normalized spacial score (nSPS) is 19.0. The van der Waals surface area contributed by atoms with E-state index in [1.54, 1.807) is 7.11 Å². The SMILES string of the molecule is COc1c2c(cc3c1[C@H](Nc1ccc(Cl)cc1)N(C)CC3)OCO2. The summed E-state index contributed by atoms with van der Waals surface area (Å²) in [6.45, 7) is 1.18. The van der Waals surface area contributed by atoms with Gasteiger partial charge in [-0.25, -0.2) is 0 Å². The van der Waals surface area contributed by atoms with Gasteiger partial charge in [0.25, 0.3) is 0 Å². The molecule has 5 nitrogen and oxygen atoms in total. The molecular formula is C18H19ClN2O3. The van der Waals surface area contributed by atoms with Crippen molar-refractivity contribution >= 4 is 17.3 Å². The van der Waals surface area contributed by atoms with Crippen LogP contribution in [0.1, 0.15) is 17.3 Å². The predicted molar refractivity (Wildman–Crippen MR) is 93.3 cm³/mol. The Balaban J connectivity index is 1.78. The van der Waals surface area contributed by atoms with Crippen LogP contribution in [-0.4, -0.2) is 32.4 Å². The lowest BCUT2D eigenvalue weighted by Gasteiger charge is -2.36. The van der Waals surface area contributed by atoms with Gasteiger partial charge >= 0.3 is 0 Å². The van der Waals surface area contributed by atoms with Crippen molar-refractivity contribution in [2.45, 2.75) is 12.6 Å². The minimum atomic E-state index is -0.0145. The number of benzene rings is 2. The second kappa shape index (κ2) is 6.07. The third-order valence-electron chi connectivity index (χ3n) is 4.54. The molecule has 0 saturated carbocycles. The van der Waals surface area contributed by atoms with Crippen LogP contribution in [0.2, 0.25) is 5.02 Å². The molecule has 0 fully saturated rings. The van der Waals surface area contributed by atoms with Crippen LogP contribution < -0.4 is 19.5 Å². The highest BCUT2D eigenvalue weighted by atomic mass is 35.5. The average molecular weight is 347 g/mol. The molecule has 24 heavy (non-hydrogen) atoms. The number of nitrogens with zero attached hydrogens (tertiary/aromatic N) is 1. The fourth-order valence-electron chi connectivity index (χ4n) is 3.32. The Morgan fingerprint density at radius 3 is 2.79 bits per heavy atom. The van der Waals surface area contributed by atoms with Crippen molar-refractivity contribution in [2.75, 3.05) is 32.8 Å². The number of methoxy groups -OCH3 is 1. The lowest BCUT2D eigenvalue weighted by Crippen LogP contribution is -2.37. The number of ether oxygens (including phenoxy) is 3. The Hall–Kier alpha value is -2.11. The van der Waals surface area contributed by atoms with E-state index in [0.29, 0.717) is 5.75 Å². The molecule has 0 unspecified atom stereocenters. The zero-order chi connectivity index (χ0) is 16.7. The van der Waals surface area contributed by atoms with Gasteiger partial charge < -0.3 is 19.5 Å². The molecule has 0 aliphatic carbocycles. The highest BCUT2D eigenvalue weighted by Gasteiger charge is 2.33. The number of rotatable bonds is 3. The molecule has 2 aliphatic heterocycles. The van der Waals surface area contributed by atoms with Gasteiger partial charge in [0.1, 0.15) is 6.17 Å². The summed E-state index contributed by atoms with van der Waals surface area (Å²) in [6, 6.07) is 9.78. The van der Waals surface area contributed by atoms with Crippen molar-refractivity contribution in [3.05, 3.63) is 46.5 Å². The molecule has 1 atom stereocenters. The zero-order valence-corrected chi connectivity index (χ0v) is 14.4. The first kappa shape index (κ1) is 15.4. The van der Waals surface area contributed by atoms with Gasteiger partial charge in [-0.3, -0.25) is 4.90 Å². The molecule has 0 radical (unpaired) electrons. The molecule has 0 aromatic heterocycles. The van der Waals surface area contributed by atoms with Crippen molar-refractivity contribution in [3.8, 4) is 17.2 Å². The van der Waals surface area contributed by atoms with Gasteiger partial charge in [0.05, 0.1) is 7.11 Å². The number of nitrogens with one attached hydrogen (secondary N) is 1. The van der Waals surface area contributed by atoms with Crippen LogP contribution in [0.4, 0.5) is 5.69 Å². The Morgan fingerprint density at radius 2 is 2.04 bits per heavy atom. The molecule has 0 bridgehead atoms. The summed E-state index contributed by atoms with van der Waals surface area (Å²) in [6.07, 6.45) is 0.928.